The number of carbonyl (C=O) groups is 1. The average Bonchev–Trinajstić information content (AvgIpc) is 3.59. The summed E-state index contributed by atoms with van der Waals surface area (Å²) in [5.41, 5.74) is 5.45. The highest BCUT2D eigenvalue weighted by Crippen LogP contribution is 2.29. The van der Waals surface area contributed by atoms with E-state index < -0.39 is 5.91 Å². The number of hydrogen-bond acceptors (Lipinski definition) is 10. The maximum Gasteiger partial charge on any atom is 0.281 e. The molecule has 1 aromatic heterocycles. The van der Waals surface area contributed by atoms with Gasteiger partial charge in [0.1, 0.15) is 36.2 Å². The Bertz CT molecular complexity index is 1980. The molecule has 1 aliphatic heterocycles. The lowest BCUT2D eigenvalue weighted by Crippen LogP contribution is -2.48. The molecule has 6 rings (SSSR count). The molecule has 11 nitrogen and oxygen atoms in total. The van der Waals surface area contributed by atoms with Gasteiger partial charge in [-0.1, -0.05) is 70.3 Å². The van der Waals surface area contributed by atoms with E-state index in [1.807, 2.05) is 41.3 Å². The van der Waals surface area contributed by atoms with Crippen molar-refractivity contribution in [1.29, 1.82) is 0 Å². The van der Waals surface area contributed by atoms with Crippen molar-refractivity contribution in [2.75, 3.05) is 26.2 Å². The van der Waals surface area contributed by atoms with Gasteiger partial charge in [0.2, 0.25) is 11.7 Å². The van der Waals surface area contributed by atoms with E-state index in [-0.39, 0.29) is 12.4 Å². The monoisotopic (exact) mass is 734 g/mol. The molecule has 4 aromatic carbocycles. The Balaban J connectivity index is 1.06. The van der Waals surface area contributed by atoms with Gasteiger partial charge in [-0.25, -0.2) is 5.84 Å². The molecule has 0 spiro atoms. The number of nitrogens with one attached hydrogen (secondary N) is 1. The number of ether oxygens (including phenoxy) is 2. The van der Waals surface area contributed by atoms with Crippen molar-refractivity contribution in [2.45, 2.75) is 19.8 Å². The molecular formula is C36H33Cl3N6O5. The minimum absolute atomic E-state index is 0.0593. The third kappa shape index (κ3) is 8.87. The number of nitrogens with zero attached hydrogens (tertiary/aromatic N) is 4. The zero-order valence-corrected chi connectivity index (χ0v) is 29.0. The van der Waals surface area contributed by atoms with Crippen molar-refractivity contribution in [1.82, 2.24) is 25.4 Å². The summed E-state index contributed by atoms with van der Waals surface area (Å²) >= 11 is 18.2. The summed E-state index contributed by atoms with van der Waals surface area (Å²) in [5.74, 6) is 7.09. The van der Waals surface area contributed by atoms with E-state index in [1.54, 1.807) is 48.5 Å². The van der Waals surface area contributed by atoms with Gasteiger partial charge in [0, 0.05) is 69.6 Å². The Hall–Kier alpha value is -4.78. The Morgan fingerprint density at radius 3 is 2.32 bits per heavy atom. The summed E-state index contributed by atoms with van der Waals surface area (Å²) in [6.07, 6.45) is 1.60. The first-order valence-corrected chi connectivity index (χ1v) is 16.8. The third-order valence-corrected chi connectivity index (χ3v) is 8.91. The second-order valence-corrected chi connectivity index (χ2v) is 12.7. The molecule has 1 amide bonds. The van der Waals surface area contributed by atoms with E-state index in [0.29, 0.717) is 88.9 Å². The predicted molar refractivity (Wildman–Crippen MR) is 192 cm³/mol. The molecule has 50 heavy (non-hydrogen) atoms. The highest BCUT2D eigenvalue weighted by atomic mass is 35.5. The minimum atomic E-state index is -0.476. The Morgan fingerprint density at radius 1 is 0.880 bits per heavy atom. The Morgan fingerprint density at radius 2 is 1.58 bits per heavy atom. The molecule has 0 atom stereocenters. The summed E-state index contributed by atoms with van der Waals surface area (Å²) in [4.78, 5) is 21.6. The Kier molecular flexibility index (Phi) is 11.4. The van der Waals surface area contributed by atoms with Crippen LogP contribution in [0.3, 0.4) is 0 Å². The first kappa shape index (κ1) is 35.1. The van der Waals surface area contributed by atoms with Crippen LogP contribution < -0.4 is 20.7 Å². The van der Waals surface area contributed by atoms with Crippen molar-refractivity contribution < 1.29 is 23.9 Å². The first-order chi connectivity index (χ1) is 24.2. The topological polar surface area (TPSA) is 139 Å². The van der Waals surface area contributed by atoms with Crippen LogP contribution in [0, 0.1) is 0 Å². The fraction of sp³-hybridized carbons (Fsp3) is 0.194. The van der Waals surface area contributed by atoms with Gasteiger partial charge < -0.3 is 24.0 Å². The molecule has 4 N–H and O–H groups in total. The fourth-order valence-electron chi connectivity index (χ4n) is 5.38. The molecule has 5 aromatic rings. The van der Waals surface area contributed by atoms with Crippen molar-refractivity contribution in [3.8, 4) is 28.6 Å². The number of piperazine rings is 1. The van der Waals surface area contributed by atoms with Crippen LogP contribution in [0.5, 0.6) is 17.2 Å². The van der Waals surface area contributed by atoms with Crippen LogP contribution in [0.25, 0.3) is 17.5 Å². The standard InChI is InChI=1S/C36H33Cl3N6O5/c37-26-8-11-28(12-9-26)48-21-24-3-1-2-4-30(24)35-41-34(50-43-35)20-44-13-15-45(16-14-44)32(36(47)42-40)17-23-6-10-29(19-33(23)46)49-22-25-5-7-27(38)18-31(25)39/h1-12,17-19,46H,13-16,20-22,40H2,(H,42,47). The maximum atomic E-state index is 12.9. The zero-order valence-electron chi connectivity index (χ0n) is 26.7. The van der Waals surface area contributed by atoms with E-state index >= 15 is 0 Å². The number of nitrogens with two attached hydrogens (primary N) is 1. The Labute approximate surface area is 303 Å². The van der Waals surface area contributed by atoms with Crippen LogP contribution in [0.1, 0.15) is 22.6 Å². The normalized spacial score (nSPS) is 13.7. The van der Waals surface area contributed by atoms with E-state index in [2.05, 4.69) is 20.5 Å². The van der Waals surface area contributed by atoms with Crippen molar-refractivity contribution in [2.24, 2.45) is 5.84 Å². The molecule has 1 saturated heterocycles. The summed E-state index contributed by atoms with van der Waals surface area (Å²) < 4.78 is 17.4. The van der Waals surface area contributed by atoms with Crippen molar-refractivity contribution in [3.05, 3.63) is 128 Å². The summed E-state index contributed by atoms with van der Waals surface area (Å²) in [6.45, 7) is 3.23. The molecule has 14 heteroatoms. The lowest BCUT2D eigenvalue weighted by atomic mass is 10.1. The van der Waals surface area contributed by atoms with Crippen molar-refractivity contribution in [3.63, 3.8) is 0 Å². The second-order valence-electron chi connectivity index (χ2n) is 11.4. The number of phenolic OH excluding ortho intramolecular Hbond substituents is 1. The third-order valence-electron chi connectivity index (χ3n) is 8.07. The molecule has 258 valence electrons. The fourth-order valence-corrected chi connectivity index (χ4v) is 5.97. The van der Waals surface area contributed by atoms with Crippen molar-refractivity contribution >= 4 is 46.8 Å². The molecule has 1 fully saturated rings. The number of amides is 1. The van der Waals surface area contributed by atoms with E-state index in [9.17, 15) is 9.90 Å². The first-order valence-electron chi connectivity index (χ1n) is 15.6. The molecule has 0 saturated carbocycles. The quantitative estimate of drug-likeness (QED) is 0.0549. The second kappa shape index (κ2) is 16.3. The number of hydrazine groups is 1. The summed E-state index contributed by atoms with van der Waals surface area (Å²) in [5, 5.41) is 16.7. The molecule has 2 heterocycles. The SMILES string of the molecule is NNC(=O)C(=Cc1ccc(OCc2ccc(Cl)cc2Cl)cc1O)N1CCN(Cc2nc(-c3ccccc3COc3ccc(Cl)cc3)no2)CC1. The van der Waals surface area contributed by atoms with Gasteiger partial charge >= 0.3 is 0 Å². The van der Waals surface area contributed by atoms with Crippen LogP contribution >= 0.6 is 34.8 Å². The number of phenols is 1. The predicted octanol–water partition coefficient (Wildman–Crippen LogP) is 6.71. The van der Waals surface area contributed by atoms with Gasteiger partial charge in [-0.3, -0.25) is 15.1 Å². The summed E-state index contributed by atoms with van der Waals surface area (Å²) in [7, 11) is 0. The largest absolute Gasteiger partial charge is 0.507 e. The van der Waals surface area contributed by atoms with Gasteiger partial charge in [0.15, 0.2) is 0 Å². The average molecular weight is 736 g/mol. The van der Waals surface area contributed by atoms with Gasteiger partial charge in [-0.05, 0) is 54.6 Å². The number of carbonyl (C=O) groups excluding carboxylic acids is 1. The molecule has 0 bridgehead atoms. The van der Waals surface area contributed by atoms with E-state index in [0.717, 1.165) is 16.7 Å². The lowest BCUT2D eigenvalue weighted by Gasteiger charge is -2.36. The highest BCUT2D eigenvalue weighted by Gasteiger charge is 2.25. The summed E-state index contributed by atoms with van der Waals surface area (Å²) in [6, 6.07) is 24.9. The number of aromatic nitrogens is 2. The molecule has 0 unspecified atom stereocenters. The number of benzene rings is 4. The van der Waals surface area contributed by atoms with Crippen LogP contribution in [-0.2, 0) is 24.6 Å². The van der Waals surface area contributed by atoms with Crippen LogP contribution in [0.15, 0.2) is 95.1 Å². The highest BCUT2D eigenvalue weighted by molar-refractivity contribution is 6.35. The molecule has 0 radical (unpaired) electrons. The van der Waals surface area contributed by atoms with Crippen LogP contribution in [-0.4, -0.2) is 57.1 Å². The van der Waals surface area contributed by atoms with Gasteiger partial charge in [0.25, 0.3) is 5.91 Å². The van der Waals surface area contributed by atoms with Gasteiger partial charge in [0.05, 0.1) is 6.54 Å². The zero-order chi connectivity index (χ0) is 35.0. The van der Waals surface area contributed by atoms with Gasteiger partial charge in [-0.2, -0.15) is 4.98 Å². The number of rotatable bonds is 12. The molecule has 0 aliphatic carbocycles. The van der Waals surface area contributed by atoms with Crippen LogP contribution in [0.2, 0.25) is 15.1 Å². The smallest absolute Gasteiger partial charge is 0.281 e. The van der Waals surface area contributed by atoms with Crippen LogP contribution in [0.4, 0.5) is 0 Å². The number of aromatic hydroxyl groups is 1. The van der Waals surface area contributed by atoms with Gasteiger partial charge in [-0.15, -0.1) is 0 Å². The number of halogens is 3. The maximum absolute atomic E-state index is 12.9. The minimum Gasteiger partial charge on any atom is -0.507 e. The van der Waals surface area contributed by atoms with E-state index in [4.69, 9.17) is 54.6 Å². The molecule has 1 aliphatic rings. The molecular weight excluding hydrogens is 703 g/mol. The number of hydrogen-bond donors (Lipinski definition) is 3. The van der Waals surface area contributed by atoms with E-state index in [1.165, 1.54) is 6.07 Å². The lowest BCUT2D eigenvalue weighted by molar-refractivity contribution is -0.119.